The molecule has 2 unspecified atom stereocenters. The number of Topliss-reactive ketones (excluding diaryl/α,β-unsaturated/α-hetero) is 1. The Balaban J connectivity index is 1.74. The van der Waals surface area contributed by atoms with Crippen LogP contribution in [0.1, 0.15) is 62.0 Å². The van der Waals surface area contributed by atoms with Crippen molar-refractivity contribution in [2.45, 2.75) is 63.1 Å². The van der Waals surface area contributed by atoms with Gasteiger partial charge in [-0.15, -0.1) is 0 Å². The second kappa shape index (κ2) is 7.93. The Kier molecular flexibility index (Phi) is 5.47. The van der Waals surface area contributed by atoms with Crippen LogP contribution < -0.4 is 5.32 Å². The first kappa shape index (κ1) is 20.7. The van der Waals surface area contributed by atoms with Gasteiger partial charge in [0.25, 0.3) is 0 Å². The molecule has 7 heteroatoms. The van der Waals surface area contributed by atoms with Crippen LogP contribution in [0.2, 0.25) is 0 Å². The molecule has 2 aliphatic carbocycles. The molecule has 4 nitrogen and oxygen atoms in total. The van der Waals surface area contributed by atoms with E-state index in [4.69, 9.17) is 4.74 Å². The maximum absolute atomic E-state index is 13.1. The van der Waals surface area contributed by atoms with Crippen molar-refractivity contribution in [2.75, 3.05) is 0 Å². The second-order valence-corrected chi connectivity index (χ2v) is 8.24. The lowest BCUT2D eigenvalue weighted by molar-refractivity contribution is -0.153. The monoisotopic (exact) mass is 419 g/mol. The molecule has 1 heterocycles. The summed E-state index contributed by atoms with van der Waals surface area (Å²) in [6, 6.07) is 4.70. The van der Waals surface area contributed by atoms with Gasteiger partial charge in [-0.3, -0.25) is 9.59 Å². The standard InChI is InChI=1S/C23H24F3NO3/c1-13-19(22(29)30-16-5-2-3-6-16)20(21-17(27-13)7-4-8-18(21)28)14-9-11-15(12-10-14)23(24,25)26/h9-12,16,19-20,27H,1-8H2. The lowest BCUT2D eigenvalue weighted by atomic mass is 9.71. The van der Waals surface area contributed by atoms with Crippen molar-refractivity contribution >= 4 is 11.8 Å². The second-order valence-electron chi connectivity index (χ2n) is 8.24. The van der Waals surface area contributed by atoms with Crippen molar-refractivity contribution < 1.29 is 27.5 Å². The molecule has 1 aliphatic heterocycles. The van der Waals surface area contributed by atoms with E-state index in [2.05, 4.69) is 11.9 Å². The summed E-state index contributed by atoms with van der Waals surface area (Å²) in [6.07, 6.45) is 0.672. The van der Waals surface area contributed by atoms with Crippen LogP contribution in [0.5, 0.6) is 0 Å². The Hall–Kier alpha value is -2.57. The molecule has 1 aromatic rings. The number of allylic oxidation sites excluding steroid dienone is 2. The Morgan fingerprint density at radius 3 is 2.37 bits per heavy atom. The van der Waals surface area contributed by atoms with Crippen molar-refractivity contribution in [3.05, 3.63) is 58.9 Å². The minimum atomic E-state index is -4.46. The van der Waals surface area contributed by atoms with Gasteiger partial charge in [0.15, 0.2) is 5.78 Å². The Morgan fingerprint density at radius 1 is 1.07 bits per heavy atom. The van der Waals surface area contributed by atoms with E-state index in [0.29, 0.717) is 41.8 Å². The molecule has 1 saturated carbocycles. The molecule has 3 aliphatic rings. The van der Waals surface area contributed by atoms with Gasteiger partial charge in [-0.05, 0) is 56.2 Å². The van der Waals surface area contributed by atoms with Crippen LogP contribution in [-0.2, 0) is 20.5 Å². The van der Waals surface area contributed by atoms with Crippen LogP contribution in [0.3, 0.4) is 0 Å². The van der Waals surface area contributed by atoms with E-state index in [1.807, 2.05) is 0 Å². The van der Waals surface area contributed by atoms with E-state index >= 15 is 0 Å². The summed E-state index contributed by atoms with van der Waals surface area (Å²) < 4.78 is 44.8. The fourth-order valence-electron chi connectivity index (χ4n) is 4.75. The summed E-state index contributed by atoms with van der Waals surface area (Å²) in [5, 5.41) is 3.12. The number of ketones is 1. The molecule has 4 rings (SSSR count). The number of alkyl halides is 3. The number of halogens is 3. The van der Waals surface area contributed by atoms with Crippen LogP contribution in [0.25, 0.3) is 0 Å². The highest BCUT2D eigenvalue weighted by Gasteiger charge is 2.44. The molecular weight excluding hydrogens is 395 g/mol. The summed E-state index contributed by atoms with van der Waals surface area (Å²) in [7, 11) is 0. The number of rotatable bonds is 3. The topological polar surface area (TPSA) is 55.4 Å². The van der Waals surface area contributed by atoms with Gasteiger partial charge < -0.3 is 10.1 Å². The first-order chi connectivity index (χ1) is 14.3. The molecule has 1 fully saturated rings. The smallest absolute Gasteiger partial charge is 0.416 e. The quantitative estimate of drug-likeness (QED) is 0.700. The predicted molar refractivity (Wildman–Crippen MR) is 104 cm³/mol. The fraction of sp³-hybridized carbons (Fsp3) is 0.478. The normalized spacial score (nSPS) is 25.2. The van der Waals surface area contributed by atoms with Crippen LogP contribution in [0, 0.1) is 5.92 Å². The average molecular weight is 419 g/mol. The number of carbonyl (C=O) groups excluding carboxylic acids is 2. The SMILES string of the molecule is C=C1NC2=C(C(=O)CCC2)C(c2ccc(C(F)(F)F)cc2)C1C(=O)OC1CCCC1. The zero-order chi connectivity index (χ0) is 21.5. The molecule has 1 N–H and O–H groups in total. The lowest BCUT2D eigenvalue weighted by Gasteiger charge is -2.38. The van der Waals surface area contributed by atoms with Gasteiger partial charge in [-0.1, -0.05) is 18.7 Å². The fourth-order valence-corrected chi connectivity index (χ4v) is 4.75. The number of benzene rings is 1. The Bertz CT molecular complexity index is 895. The Morgan fingerprint density at radius 2 is 1.73 bits per heavy atom. The van der Waals surface area contributed by atoms with Crippen molar-refractivity contribution in [1.29, 1.82) is 0 Å². The predicted octanol–water partition coefficient (Wildman–Crippen LogP) is 5.02. The van der Waals surface area contributed by atoms with Crippen LogP contribution in [-0.4, -0.2) is 17.9 Å². The molecule has 0 radical (unpaired) electrons. The number of hydrogen-bond donors (Lipinski definition) is 1. The van der Waals surface area contributed by atoms with Gasteiger partial charge in [0.2, 0.25) is 0 Å². The van der Waals surface area contributed by atoms with Gasteiger partial charge in [0.1, 0.15) is 12.0 Å². The molecule has 160 valence electrons. The molecule has 0 spiro atoms. The zero-order valence-corrected chi connectivity index (χ0v) is 16.6. The molecule has 0 aromatic heterocycles. The van der Waals surface area contributed by atoms with Crippen LogP contribution in [0.4, 0.5) is 13.2 Å². The molecule has 1 aromatic carbocycles. The van der Waals surface area contributed by atoms with E-state index in [9.17, 15) is 22.8 Å². The molecule has 30 heavy (non-hydrogen) atoms. The summed E-state index contributed by atoms with van der Waals surface area (Å²) in [4.78, 5) is 25.9. The highest BCUT2D eigenvalue weighted by Crippen LogP contribution is 2.45. The molecule has 2 atom stereocenters. The largest absolute Gasteiger partial charge is 0.462 e. The highest BCUT2D eigenvalue weighted by atomic mass is 19.4. The van der Waals surface area contributed by atoms with Crippen molar-refractivity contribution in [2.24, 2.45) is 5.92 Å². The summed E-state index contributed by atoms with van der Waals surface area (Å²) in [5.41, 5.74) is 1.33. The zero-order valence-electron chi connectivity index (χ0n) is 16.6. The van der Waals surface area contributed by atoms with Crippen LogP contribution >= 0.6 is 0 Å². The highest BCUT2D eigenvalue weighted by molar-refractivity contribution is 6.00. The van der Waals surface area contributed by atoms with E-state index in [1.54, 1.807) is 0 Å². The van der Waals surface area contributed by atoms with E-state index in [0.717, 1.165) is 37.8 Å². The third-order valence-electron chi connectivity index (χ3n) is 6.22. The molecule has 0 saturated heterocycles. The number of esters is 1. The first-order valence-corrected chi connectivity index (χ1v) is 10.4. The number of nitrogens with one attached hydrogen (secondary N) is 1. The minimum Gasteiger partial charge on any atom is -0.462 e. The van der Waals surface area contributed by atoms with Crippen molar-refractivity contribution in [3.8, 4) is 0 Å². The summed E-state index contributed by atoms with van der Waals surface area (Å²) >= 11 is 0. The Labute approximate surface area is 173 Å². The van der Waals surface area contributed by atoms with Gasteiger partial charge in [-0.25, -0.2) is 0 Å². The maximum atomic E-state index is 13.1. The van der Waals surface area contributed by atoms with Gasteiger partial charge in [-0.2, -0.15) is 13.2 Å². The van der Waals surface area contributed by atoms with Gasteiger partial charge in [0.05, 0.1) is 5.56 Å². The van der Waals surface area contributed by atoms with Crippen molar-refractivity contribution in [3.63, 3.8) is 0 Å². The van der Waals surface area contributed by atoms with Crippen molar-refractivity contribution in [1.82, 2.24) is 5.32 Å². The van der Waals surface area contributed by atoms with E-state index in [1.165, 1.54) is 12.1 Å². The molecule has 0 amide bonds. The van der Waals surface area contributed by atoms with E-state index in [-0.39, 0.29) is 11.9 Å². The van der Waals surface area contributed by atoms with Gasteiger partial charge >= 0.3 is 12.1 Å². The van der Waals surface area contributed by atoms with Gasteiger partial charge in [0, 0.05) is 29.3 Å². The number of carbonyl (C=O) groups is 2. The minimum absolute atomic E-state index is 0.0835. The molecule has 0 bridgehead atoms. The first-order valence-electron chi connectivity index (χ1n) is 10.4. The number of ether oxygens (including phenoxy) is 1. The number of hydrogen-bond acceptors (Lipinski definition) is 4. The van der Waals surface area contributed by atoms with Crippen LogP contribution in [0.15, 0.2) is 47.8 Å². The maximum Gasteiger partial charge on any atom is 0.416 e. The summed E-state index contributed by atoms with van der Waals surface area (Å²) in [5.74, 6) is -2.12. The average Bonchev–Trinajstić information content (AvgIpc) is 3.19. The third-order valence-corrected chi connectivity index (χ3v) is 6.22. The summed E-state index contributed by atoms with van der Waals surface area (Å²) in [6.45, 7) is 4.00. The lowest BCUT2D eigenvalue weighted by Crippen LogP contribution is -2.41. The van der Waals surface area contributed by atoms with E-state index < -0.39 is 29.5 Å². The third kappa shape index (κ3) is 3.89. The molecular formula is C23H24F3NO3.